The average molecular weight is 493 g/mol. The molecule has 0 saturated heterocycles. The van der Waals surface area contributed by atoms with Crippen molar-refractivity contribution in [2.24, 2.45) is 11.0 Å². The van der Waals surface area contributed by atoms with Gasteiger partial charge >= 0.3 is 0 Å². The van der Waals surface area contributed by atoms with Gasteiger partial charge in [0.15, 0.2) is 6.61 Å². The molecule has 1 amide bonds. The molecule has 178 valence electrons. The van der Waals surface area contributed by atoms with Crippen molar-refractivity contribution in [3.05, 3.63) is 106 Å². The highest BCUT2D eigenvalue weighted by Gasteiger charge is 2.43. The van der Waals surface area contributed by atoms with E-state index < -0.39 is 0 Å². The van der Waals surface area contributed by atoms with Gasteiger partial charge in [-0.15, -0.1) is 0 Å². The Bertz CT molecular complexity index is 1270. The van der Waals surface area contributed by atoms with E-state index >= 15 is 0 Å². The summed E-state index contributed by atoms with van der Waals surface area (Å²) < 4.78 is 32.7. The summed E-state index contributed by atoms with van der Waals surface area (Å²) >= 11 is 5.93. The van der Waals surface area contributed by atoms with Crippen molar-refractivity contribution in [1.82, 2.24) is 5.01 Å². The van der Waals surface area contributed by atoms with E-state index in [0.717, 1.165) is 41.7 Å². The van der Waals surface area contributed by atoms with Crippen molar-refractivity contribution in [3.8, 4) is 5.75 Å². The van der Waals surface area contributed by atoms with Crippen molar-refractivity contribution in [2.45, 2.75) is 25.3 Å². The van der Waals surface area contributed by atoms with E-state index in [1.807, 2.05) is 6.08 Å². The summed E-state index contributed by atoms with van der Waals surface area (Å²) in [4.78, 5) is 13.3. The van der Waals surface area contributed by atoms with Crippen LogP contribution in [0.5, 0.6) is 5.75 Å². The quantitative estimate of drug-likeness (QED) is 0.392. The maximum Gasteiger partial charge on any atom is 0.281 e. The van der Waals surface area contributed by atoms with E-state index in [9.17, 15) is 13.6 Å². The second-order valence-corrected chi connectivity index (χ2v) is 9.12. The molecule has 1 saturated carbocycles. The molecule has 2 aliphatic rings. The van der Waals surface area contributed by atoms with Crippen molar-refractivity contribution in [1.29, 1.82) is 0 Å². The standard InChI is InChI=1S/C28H23ClF2N2O2/c29-21-8-14-24(15-9-21)35-17-26(34)33-28(19-6-12-23(31)13-7-19)25-3-1-2-20(27(25)32-33)16-18-4-10-22(30)11-5-18/h4-16,25,28H,1-3,17H2/b20-16-/t25-,28-/m1/s1. The summed E-state index contributed by atoms with van der Waals surface area (Å²) in [5.74, 6) is -0.418. The van der Waals surface area contributed by atoms with Crippen LogP contribution in [0.4, 0.5) is 8.78 Å². The Hall–Kier alpha value is -3.51. The van der Waals surface area contributed by atoms with Crippen molar-refractivity contribution in [3.63, 3.8) is 0 Å². The third kappa shape index (κ3) is 5.13. The van der Waals surface area contributed by atoms with Crippen molar-refractivity contribution < 1.29 is 18.3 Å². The number of carbonyl (C=O) groups excluding carboxylic acids is 1. The highest BCUT2D eigenvalue weighted by Crippen LogP contribution is 2.44. The first kappa shape index (κ1) is 23.2. The minimum Gasteiger partial charge on any atom is -0.484 e. The molecule has 7 heteroatoms. The lowest BCUT2D eigenvalue weighted by Crippen LogP contribution is -2.34. The molecule has 4 nitrogen and oxygen atoms in total. The molecule has 5 rings (SSSR count). The van der Waals surface area contributed by atoms with Crippen LogP contribution in [0, 0.1) is 17.6 Å². The predicted octanol–water partition coefficient (Wildman–Crippen LogP) is 6.82. The summed E-state index contributed by atoms with van der Waals surface area (Å²) in [6.07, 6.45) is 4.59. The maximum absolute atomic E-state index is 13.7. The maximum atomic E-state index is 13.7. The number of ether oxygens (including phenoxy) is 1. The summed E-state index contributed by atoms with van der Waals surface area (Å²) in [6.45, 7) is -0.195. The van der Waals surface area contributed by atoms with Gasteiger partial charge in [0.05, 0.1) is 11.8 Å². The first-order chi connectivity index (χ1) is 17.0. The molecule has 0 spiro atoms. The highest BCUT2D eigenvalue weighted by atomic mass is 35.5. The second kappa shape index (κ2) is 10.0. The van der Waals surface area contributed by atoms with Crippen LogP contribution in [0.1, 0.15) is 36.4 Å². The summed E-state index contributed by atoms with van der Waals surface area (Å²) in [5.41, 5.74) is 3.56. The van der Waals surface area contributed by atoms with Gasteiger partial charge in [0, 0.05) is 10.9 Å². The molecular weight excluding hydrogens is 470 g/mol. The fourth-order valence-corrected chi connectivity index (χ4v) is 4.83. The van der Waals surface area contributed by atoms with Gasteiger partial charge in [0.1, 0.15) is 17.4 Å². The van der Waals surface area contributed by atoms with E-state index in [1.165, 1.54) is 29.3 Å². The molecule has 0 bridgehead atoms. The number of allylic oxidation sites excluding steroid dienone is 1. The zero-order valence-electron chi connectivity index (χ0n) is 18.8. The smallest absolute Gasteiger partial charge is 0.281 e. The third-order valence-corrected chi connectivity index (χ3v) is 6.61. The van der Waals surface area contributed by atoms with Crippen LogP contribution >= 0.6 is 11.6 Å². The molecule has 0 N–H and O–H groups in total. The molecule has 1 fully saturated rings. The third-order valence-electron chi connectivity index (χ3n) is 6.36. The van der Waals surface area contributed by atoms with E-state index in [0.29, 0.717) is 10.8 Å². The van der Waals surface area contributed by atoms with Crippen LogP contribution in [0.3, 0.4) is 0 Å². The SMILES string of the molecule is O=C(COc1ccc(Cl)cc1)N1N=C2/C(=C\c3ccc(F)cc3)CCC[C@H]2[C@H]1c1ccc(F)cc1. The van der Waals surface area contributed by atoms with Crippen LogP contribution < -0.4 is 4.74 Å². The van der Waals surface area contributed by atoms with Gasteiger partial charge in [-0.1, -0.05) is 35.9 Å². The van der Waals surface area contributed by atoms with Crippen LogP contribution in [-0.4, -0.2) is 23.2 Å². The van der Waals surface area contributed by atoms with Crippen molar-refractivity contribution >= 4 is 29.3 Å². The monoisotopic (exact) mass is 492 g/mol. The Balaban J connectivity index is 1.46. The van der Waals surface area contributed by atoms with E-state index in [4.69, 9.17) is 21.4 Å². The largest absolute Gasteiger partial charge is 0.484 e. The Kier molecular flexibility index (Phi) is 6.64. The zero-order chi connectivity index (χ0) is 24.4. The van der Waals surface area contributed by atoms with Gasteiger partial charge in [-0.2, -0.15) is 5.10 Å². The molecular formula is C28H23ClF2N2O2. The lowest BCUT2D eigenvalue weighted by atomic mass is 9.77. The molecule has 2 atom stereocenters. The Morgan fingerprint density at radius 1 is 1.00 bits per heavy atom. The first-order valence-electron chi connectivity index (χ1n) is 11.5. The van der Waals surface area contributed by atoms with Gasteiger partial charge in [0.2, 0.25) is 0 Å². The Morgan fingerprint density at radius 3 is 2.34 bits per heavy atom. The molecule has 35 heavy (non-hydrogen) atoms. The topological polar surface area (TPSA) is 41.9 Å². The van der Waals surface area contributed by atoms with Crippen LogP contribution in [0.2, 0.25) is 5.02 Å². The predicted molar refractivity (Wildman–Crippen MR) is 132 cm³/mol. The van der Waals surface area contributed by atoms with Crippen LogP contribution in [0.15, 0.2) is 83.5 Å². The lowest BCUT2D eigenvalue weighted by Gasteiger charge is -2.29. The summed E-state index contributed by atoms with van der Waals surface area (Å²) in [6, 6.07) is 18.9. The number of benzene rings is 3. The van der Waals surface area contributed by atoms with Crippen molar-refractivity contribution in [2.75, 3.05) is 6.61 Å². The fraction of sp³-hybridized carbons (Fsp3) is 0.214. The summed E-state index contributed by atoms with van der Waals surface area (Å²) in [5, 5.41) is 6.83. The second-order valence-electron chi connectivity index (χ2n) is 8.68. The van der Waals surface area contributed by atoms with Gasteiger partial charge in [0.25, 0.3) is 5.91 Å². The number of fused-ring (bicyclic) bond motifs is 1. The minimum absolute atomic E-state index is 0.0274. The van der Waals surface area contributed by atoms with Gasteiger partial charge < -0.3 is 4.74 Å². The molecule has 0 radical (unpaired) electrons. The van der Waals surface area contributed by atoms with Gasteiger partial charge in [-0.05, 0) is 90.6 Å². The minimum atomic E-state index is -0.358. The first-order valence-corrected chi connectivity index (χ1v) is 11.9. The van der Waals surface area contributed by atoms with E-state index in [2.05, 4.69) is 0 Å². The average Bonchev–Trinajstić information content (AvgIpc) is 3.26. The van der Waals surface area contributed by atoms with Gasteiger partial charge in [-0.3, -0.25) is 4.79 Å². The Morgan fingerprint density at radius 2 is 1.66 bits per heavy atom. The number of hydrogen-bond acceptors (Lipinski definition) is 3. The highest BCUT2D eigenvalue weighted by molar-refractivity contribution is 6.30. The number of rotatable bonds is 5. The molecule has 3 aromatic rings. The molecule has 1 heterocycles. The number of hydrogen-bond donors (Lipinski definition) is 0. The Labute approximate surface area is 207 Å². The van der Waals surface area contributed by atoms with Gasteiger partial charge in [-0.25, -0.2) is 13.8 Å². The number of hydrazone groups is 1. The van der Waals surface area contributed by atoms with E-state index in [1.54, 1.807) is 48.5 Å². The number of halogens is 3. The molecule has 0 unspecified atom stereocenters. The van der Waals surface area contributed by atoms with Crippen LogP contribution in [-0.2, 0) is 4.79 Å². The van der Waals surface area contributed by atoms with Crippen LogP contribution in [0.25, 0.3) is 6.08 Å². The molecule has 1 aliphatic carbocycles. The lowest BCUT2D eigenvalue weighted by molar-refractivity contribution is -0.135. The molecule has 1 aliphatic heterocycles. The fourth-order valence-electron chi connectivity index (χ4n) is 4.70. The molecule has 0 aromatic heterocycles. The summed E-state index contributed by atoms with van der Waals surface area (Å²) in [7, 11) is 0. The number of amides is 1. The normalized spacial score (nSPS) is 20.5. The van der Waals surface area contributed by atoms with E-state index in [-0.39, 0.29) is 36.1 Å². The number of carbonyl (C=O) groups is 1. The number of nitrogens with zero attached hydrogens (tertiary/aromatic N) is 2. The zero-order valence-corrected chi connectivity index (χ0v) is 19.6. The molecule has 3 aromatic carbocycles.